The van der Waals surface area contributed by atoms with Crippen LogP contribution in [0.5, 0.6) is 0 Å². The van der Waals surface area contributed by atoms with Crippen LogP contribution in [0.25, 0.3) is 11.5 Å². The zero-order valence-corrected chi connectivity index (χ0v) is 14.0. The first-order chi connectivity index (χ1) is 12.1. The van der Waals surface area contributed by atoms with Gasteiger partial charge in [-0.1, -0.05) is 42.1 Å². The van der Waals surface area contributed by atoms with Crippen LogP contribution in [-0.4, -0.2) is 38.1 Å². The van der Waals surface area contributed by atoms with E-state index in [1.807, 2.05) is 30.3 Å². The van der Waals surface area contributed by atoms with Crippen LogP contribution in [0.3, 0.4) is 0 Å². The number of hydrogen-bond donors (Lipinski definition) is 2. The first kappa shape index (κ1) is 17.1. The van der Waals surface area contributed by atoms with Gasteiger partial charge in [0.05, 0.1) is 0 Å². The van der Waals surface area contributed by atoms with Crippen LogP contribution < -0.4 is 5.73 Å². The van der Waals surface area contributed by atoms with E-state index in [0.29, 0.717) is 16.9 Å². The van der Waals surface area contributed by atoms with Crippen LogP contribution in [0.1, 0.15) is 11.5 Å². The molecule has 0 radical (unpaired) electrons. The molecule has 0 aliphatic heterocycles. The number of thioether (sulfide) groups is 1. The molecular weight excluding hydrogens is 340 g/mol. The van der Waals surface area contributed by atoms with Gasteiger partial charge in [0.2, 0.25) is 5.89 Å². The molecule has 0 saturated carbocycles. The number of aromatic nitrogens is 3. The van der Waals surface area contributed by atoms with Crippen molar-refractivity contribution in [2.24, 2.45) is 5.73 Å². The molecule has 2 atom stereocenters. The summed E-state index contributed by atoms with van der Waals surface area (Å²) in [5.41, 5.74) is 7.50. The minimum atomic E-state index is -1.04. The lowest BCUT2D eigenvalue weighted by Crippen LogP contribution is -2.37. The zero-order chi connectivity index (χ0) is 17.6. The number of benzene rings is 1. The molecule has 0 aliphatic carbocycles. The van der Waals surface area contributed by atoms with E-state index < -0.39 is 12.0 Å². The molecule has 25 heavy (non-hydrogen) atoms. The van der Waals surface area contributed by atoms with Gasteiger partial charge in [-0.25, -0.2) is 0 Å². The highest BCUT2D eigenvalue weighted by molar-refractivity contribution is 7.99. The monoisotopic (exact) mass is 356 g/mol. The number of pyridine rings is 1. The Morgan fingerprint density at radius 3 is 2.56 bits per heavy atom. The molecule has 3 aromatic rings. The van der Waals surface area contributed by atoms with Crippen molar-refractivity contribution in [1.29, 1.82) is 0 Å². The van der Waals surface area contributed by atoms with Gasteiger partial charge in [0.15, 0.2) is 0 Å². The first-order valence-electron chi connectivity index (χ1n) is 7.55. The van der Waals surface area contributed by atoms with E-state index in [4.69, 9.17) is 10.2 Å². The maximum atomic E-state index is 11.3. The van der Waals surface area contributed by atoms with E-state index in [9.17, 15) is 9.90 Å². The molecular formula is C17H16N4O3S. The quantitative estimate of drug-likeness (QED) is 0.620. The highest BCUT2D eigenvalue weighted by Crippen LogP contribution is 2.29. The van der Waals surface area contributed by atoms with Crippen molar-refractivity contribution in [1.82, 2.24) is 15.2 Å². The Balaban J connectivity index is 1.73. The van der Waals surface area contributed by atoms with Gasteiger partial charge < -0.3 is 15.3 Å². The Morgan fingerprint density at radius 1 is 1.16 bits per heavy atom. The van der Waals surface area contributed by atoms with E-state index in [2.05, 4.69) is 15.2 Å². The number of carbonyl (C=O) groups is 1. The molecule has 0 spiro atoms. The molecule has 2 aromatic heterocycles. The second-order valence-electron chi connectivity index (χ2n) is 5.30. The third kappa shape index (κ3) is 4.23. The van der Waals surface area contributed by atoms with E-state index in [-0.39, 0.29) is 5.92 Å². The van der Waals surface area contributed by atoms with Gasteiger partial charge in [-0.05, 0) is 17.7 Å². The molecule has 128 valence electrons. The summed E-state index contributed by atoms with van der Waals surface area (Å²) in [5, 5.41) is 17.6. The molecule has 0 aliphatic rings. The fourth-order valence-corrected chi connectivity index (χ4v) is 3.28. The van der Waals surface area contributed by atoms with Gasteiger partial charge in [-0.2, -0.15) is 0 Å². The number of hydrogen-bond acceptors (Lipinski definition) is 7. The summed E-state index contributed by atoms with van der Waals surface area (Å²) in [4.78, 5) is 15.3. The van der Waals surface area contributed by atoms with Crippen LogP contribution in [0, 0.1) is 0 Å². The van der Waals surface area contributed by atoms with Crippen LogP contribution in [0.4, 0.5) is 0 Å². The molecule has 0 bridgehead atoms. The molecule has 7 nitrogen and oxygen atoms in total. The molecule has 2 heterocycles. The molecule has 0 saturated heterocycles. The number of carboxylic acids is 1. The average molecular weight is 356 g/mol. The molecule has 8 heteroatoms. The number of rotatable bonds is 7. The van der Waals surface area contributed by atoms with E-state index in [0.717, 1.165) is 11.1 Å². The summed E-state index contributed by atoms with van der Waals surface area (Å²) in [6, 6.07) is 11.8. The fraction of sp³-hybridized carbons (Fsp3) is 0.176. The predicted octanol–water partition coefficient (Wildman–Crippen LogP) is 2.42. The molecule has 1 unspecified atom stereocenters. The number of carboxylic acid groups (broad SMARTS) is 1. The highest BCUT2D eigenvalue weighted by Gasteiger charge is 2.26. The Labute approximate surface area is 148 Å². The Kier molecular flexibility index (Phi) is 5.42. The van der Waals surface area contributed by atoms with Crippen LogP contribution in [-0.2, 0) is 4.79 Å². The summed E-state index contributed by atoms with van der Waals surface area (Å²) in [5.74, 6) is -0.615. The lowest BCUT2D eigenvalue weighted by atomic mass is 9.94. The summed E-state index contributed by atoms with van der Waals surface area (Å²) >= 11 is 1.29. The molecule has 0 amide bonds. The lowest BCUT2D eigenvalue weighted by molar-refractivity contribution is -0.138. The van der Waals surface area contributed by atoms with Gasteiger partial charge in [-0.15, -0.1) is 10.2 Å². The Morgan fingerprint density at radius 2 is 1.88 bits per heavy atom. The second kappa shape index (κ2) is 7.91. The van der Waals surface area contributed by atoms with Crippen molar-refractivity contribution in [2.45, 2.75) is 17.2 Å². The standard InChI is InChI=1S/C17H16N4O3S/c18-14(16(22)23)13(11-4-2-1-3-5-11)10-25-17-21-20-15(24-17)12-6-8-19-9-7-12/h1-9,13-14H,10,18H2,(H,22,23)/t13?,14-/m0/s1. The molecule has 0 fully saturated rings. The minimum absolute atomic E-state index is 0.366. The van der Waals surface area contributed by atoms with Crippen LogP contribution in [0.15, 0.2) is 64.5 Å². The van der Waals surface area contributed by atoms with E-state index in [1.54, 1.807) is 24.5 Å². The largest absolute Gasteiger partial charge is 0.480 e. The fourth-order valence-electron chi connectivity index (χ4n) is 2.32. The van der Waals surface area contributed by atoms with E-state index in [1.165, 1.54) is 11.8 Å². The van der Waals surface area contributed by atoms with Crippen molar-refractivity contribution < 1.29 is 14.3 Å². The van der Waals surface area contributed by atoms with Gasteiger partial charge in [0, 0.05) is 29.6 Å². The number of nitrogens with two attached hydrogens (primary N) is 1. The maximum Gasteiger partial charge on any atom is 0.321 e. The van der Waals surface area contributed by atoms with Crippen molar-refractivity contribution in [2.75, 3.05) is 5.75 Å². The highest BCUT2D eigenvalue weighted by atomic mass is 32.2. The maximum absolute atomic E-state index is 11.3. The van der Waals surface area contributed by atoms with Crippen molar-refractivity contribution >= 4 is 17.7 Å². The van der Waals surface area contributed by atoms with Crippen LogP contribution >= 0.6 is 11.8 Å². The Bertz CT molecular complexity index is 826. The average Bonchev–Trinajstić information content (AvgIpc) is 3.12. The normalized spacial score (nSPS) is 13.3. The van der Waals surface area contributed by atoms with Gasteiger partial charge in [0.25, 0.3) is 5.22 Å². The summed E-state index contributed by atoms with van der Waals surface area (Å²) in [6.07, 6.45) is 3.29. The third-order valence-corrected chi connectivity index (χ3v) is 4.60. The number of nitrogens with zero attached hydrogens (tertiary/aromatic N) is 3. The second-order valence-corrected chi connectivity index (χ2v) is 6.27. The molecule has 3 N–H and O–H groups in total. The van der Waals surface area contributed by atoms with Gasteiger partial charge in [0.1, 0.15) is 6.04 Å². The van der Waals surface area contributed by atoms with Crippen LogP contribution in [0.2, 0.25) is 0 Å². The van der Waals surface area contributed by atoms with Gasteiger partial charge in [-0.3, -0.25) is 9.78 Å². The predicted molar refractivity (Wildman–Crippen MR) is 93.0 cm³/mol. The lowest BCUT2D eigenvalue weighted by Gasteiger charge is -2.20. The third-order valence-electron chi connectivity index (χ3n) is 3.67. The smallest absolute Gasteiger partial charge is 0.321 e. The first-order valence-corrected chi connectivity index (χ1v) is 8.53. The van der Waals surface area contributed by atoms with Gasteiger partial charge >= 0.3 is 5.97 Å². The van der Waals surface area contributed by atoms with Crippen molar-refractivity contribution in [3.05, 3.63) is 60.4 Å². The van der Waals surface area contributed by atoms with E-state index >= 15 is 0 Å². The van der Waals surface area contributed by atoms with Crippen molar-refractivity contribution in [3.8, 4) is 11.5 Å². The molecule has 1 aromatic carbocycles. The summed E-state index contributed by atoms with van der Waals surface area (Å²) < 4.78 is 5.62. The SMILES string of the molecule is N[C@H](C(=O)O)C(CSc1nnc(-c2ccncc2)o1)c1ccccc1. The number of aliphatic carboxylic acids is 1. The summed E-state index contributed by atoms with van der Waals surface area (Å²) in [7, 11) is 0. The minimum Gasteiger partial charge on any atom is -0.480 e. The Hall–Kier alpha value is -2.71. The zero-order valence-electron chi connectivity index (χ0n) is 13.1. The van der Waals surface area contributed by atoms with Crippen molar-refractivity contribution in [3.63, 3.8) is 0 Å². The topological polar surface area (TPSA) is 115 Å². The molecule has 3 rings (SSSR count). The summed E-state index contributed by atoms with van der Waals surface area (Å²) in [6.45, 7) is 0.